The third-order valence-corrected chi connectivity index (χ3v) is 4.90. The summed E-state index contributed by atoms with van der Waals surface area (Å²) in [5.41, 5.74) is 0.679. The third kappa shape index (κ3) is 7.34. The molecule has 1 aliphatic carbocycles. The predicted octanol–water partition coefficient (Wildman–Crippen LogP) is 5.69. The topological polar surface area (TPSA) is 12.0 Å². The smallest absolute Gasteiger partial charge is 0.000780 e. The van der Waals surface area contributed by atoms with Crippen LogP contribution in [0.15, 0.2) is 0 Å². The van der Waals surface area contributed by atoms with Crippen molar-refractivity contribution in [3.8, 4) is 0 Å². The molecule has 0 aliphatic heterocycles. The van der Waals surface area contributed by atoms with Gasteiger partial charge in [-0.05, 0) is 37.6 Å². The standard InChI is InChI=1S/C18H37N/c1-3-5-6-7-8-9-10-13-18(14-11-12-15-18)17-19-16-4-2/h19H,3-17H2,1-2H3. The van der Waals surface area contributed by atoms with E-state index in [9.17, 15) is 0 Å². The quantitative estimate of drug-likeness (QED) is 0.448. The van der Waals surface area contributed by atoms with Crippen LogP contribution in [-0.2, 0) is 0 Å². The SMILES string of the molecule is CCCCCCCCCC1(CNCCC)CCCC1. The Morgan fingerprint density at radius 1 is 0.789 bits per heavy atom. The van der Waals surface area contributed by atoms with Crippen molar-refractivity contribution in [3.63, 3.8) is 0 Å². The molecule has 0 bridgehead atoms. The van der Waals surface area contributed by atoms with Gasteiger partial charge in [-0.2, -0.15) is 0 Å². The number of nitrogens with one attached hydrogen (secondary N) is 1. The van der Waals surface area contributed by atoms with Gasteiger partial charge in [0.05, 0.1) is 0 Å². The van der Waals surface area contributed by atoms with Crippen molar-refractivity contribution < 1.29 is 0 Å². The van der Waals surface area contributed by atoms with Crippen LogP contribution in [0.1, 0.15) is 97.3 Å². The van der Waals surface area contributed by atoms with Crippen LogP contribution in [0.3, 0.4) is 0 Å². The summed E-state index contributed by atoms with van der Waals surface area (Å²) in [6.07, 6.45) is 18.8. The molecule has 1 aliphatic rings. The monoisotopic (exact) mass is 267 g/mol. The van der Waals surface area contributed by atoms with Gasteiger partial charge in [-0.1, -0.05) is 71.6 Å². The maximum atomic E-state index is 3.69. The molecular weight excluding hydrogens is 230 g/mol. The van der Waals surface area contributed by atoms with Gasteiger partial charge in [0, 0.05) is 6.54 Å². The molecule has 0 atom stereocenters. The first-order chi connectivity index (χ1) is 9.33. The van der Waals surface area contributed by atoms with E-state index < -0.39 is 0 Å². The minimum absolute atomic E-state index is 0.679. The highest BCUT2D eigenvalue weighted by Crippen LogP contribution is 2.41. The van der Waals surface area contributed by atoms with E-state index in [1.165, 1.54) is 96.6 Å². The number of rotatable bonds is 12. The summed E-state index contributed by atoms with van der Waals surface area (Å²) in [5, 5.41) is 3.69. The van der Waals surface area contributed by atoms with Gasteiger partial charge < -0.3 is 5.32 Å². The average Bonchev–Trinajstić information content (AvgIpc) is 2.87. The Morgan fingerprint density at radius 2 is 1.42 bits per heavy atom. The number of hydrogen-bond acceptors (Lipinski definition) is 1. The maximum Gasteiger partial charge on any atom is 0.000780 e. The highest BCUT2D eigenvalue weighted by atomic mass is 14.9. The number of hydrogen-bond donors (Lipinski definition) is 1. The normalized spacial score (nSPS) is 18.0. The Bertz CT molecular complexity index is 194. The lowest BCUT2D eigenvalue weighted by Gasteiger charge is -2.29. The molecule has 0 spiro atoms. The molecule has 1 saturated carbocycles. The van der Waals surface area contributed by atoms with E-state index in [-0.39, 0.29) is 0 Å². The van der Waals surface area contributed by atoms with Gasteiger partial charge in [0.25, 0.3) is 0 Å². The zero-order chi connectivity index (χ0) is 13.8. The largest absolute Gasteiger partial charge is 0.316 e. The lowest BCUT2D eigenvalue weighted by Crippen LogP contribution is -2.32. The summed E-state index contributed by atoms with van der Waals surface area (Å²) in [4.78, 5) is 0. The van der Waals surface area contributed by atoms with Crippen LogP contribution >= 0.6 is 0 Å². The Morgan fingerprint density at radius 3 is 2.05 bits per heavy atom. The molecular formula is C18H37N. The van der Waals surface area contributed by atoms with Gasteiger partial charge in [0.2, 0.25) is 0 Å². The van der Waals surface area contributed by atoms with E-state index in [2.05, 4.69) is 19.2 Å². The molecule has 1 rings (SSSR count). The zero-order valence-corrected chi connectivity index (χ0v) is 13.6. The van der Waals surface area contributed by atoms with Crippen LogP contribution in [-0.4, -0.2) is 13.1 Å². The molecule has 0 aromatic heterocycles. The van der Waals surface area contributed by atoms with Crippen molar-refractivity contribution in [1.82, 2.24) is 5.32 Å². The molecule has 0 amide bonds. The lowest BCUT2D eigenvalue weighted by molar-refractivity contribution is 0.247. The molecule has 0 saturated heterocycles. The average molecular weight is 268 g/mol. The maximum absolute atomic E-state index is 3.69. The second kappa shape index (κ2) is 10.7. The zero-order valence-electron chi connectivity index (χ0n) is 13.6. The van der Waals surface area contributed by atoms with Gasteiger partial charge in [0.1, 0.15) is 0 Å². The molecule has 1 N–H and O–H groups in total. The molecule has 1 fully saturated rings. The van der Waals surface area contributed by atoms with Crippen molar-refractivity contribution >= 4 is 0 Å². The first-order valence-corrected chi connectivity index (χ1v) is 9.04. The van der Waals surface area contributed by atoms with Crippen LogP contribution in [0, 0.1) is 5.41 Å². The Labute approximate surface area is 121 Å². The second-order valence-corrected chi connectivity index (χ2v) is 6.76. The second-order valence-electron chi connectivity index (χ2n) is 6.76. The fourth-order valence-corrected chi connectivity index (χ4v) is 3.63. The van der Waals surface area contributed by atoms with Gasteiger partial charge >= 0.3 is 0 Å². The summed E-state index contributed by atoms with van der Waals surface area (Å²) < 4.78 is 0. The van der Waals surface area contributed by atoms with Gasteiger partial charge in [0.15, 0.2) is 0 Å². The highest BCUT2D eigenvalue weighted by Gasteiger charge is 2.32. The molecule has 0 aromatic carbocycles. The summed E-state index contributed by atoms with van der Waals surface area (Å²) >= 11 is 0. The lowest BCUT2D eigenvalue weighted by atomic mass is 9.80. The van der Waals surface area contributed by atoms with E-state index in [1.54, 1.807) is 0 Å². The van der Waals surface area contributed by atoms with Crippen LogP contribution in [0.5, 0.6) is 0 Å². The molecule has 0 aromatic rings. The molecule has 0 radical (unpaired) electrons. The first kappa shape index (κ1) is 17.0. The van der Waals surface area contributed by atoms with Crippen LogP contribution < -0.4 is 5.32 Å². The highest BCUT2D eigenvalue weighted by molar-refractivity contribution is 4.86. The molecule has 0 unspecified atom stereocenters. The van der Waals surface area contributed by atoms with E-state index in [1.807, 2.05) is 0 Å². The van der Waals surface area contributed by atoms with Crippen molar-refractivity contribution in [1.29, 1.82) is 0 Å². The van der Waals surface area contributed by atoms with Crippen molar-refractivity contribution in [3.05, 3.63) is 0 Å². The molecule has 19 heavy (non-hydrogen) atoms. The summed E-state index contributed by atoms with van der Waals surface area (Å²) in [5.74, 6) is 0. The summed E-state index contributed by atoms with van der Waals surface area (Å²) in [7, 11) is 0. The Hall–Kier alpha value is -0.0400. The fraction of sp³-hybridized carbons (Fsp3) is 1.00. The number of unbranched alkanes of at least 4 members (excludes halogenated alkanes) is 6. The van der Waals surface area contributed by atoms with Crippen molar-refractivity contribution in [2.75, 3.05) is 13.1 Å². The minimum Gasteiger partial charge on any atom is -0.316 e. The van der Waals surface area contributed by atoms with Crippen LogP contribution in [0.4, 0.5) is 0 Å². The molecule has 1 heteroatoms. The van der Waals surface area contributed by atoms with E-state index in [0.717, 1.165) is 0 Å². The Balaban J connectivity index is 2.08. The minimum atomic E-state index is 0.679. The summed E-state index contributed by atoms with van der Waals surface area (Å²) in [6.45, 7) is 7.06. The van der Waals surface area contributed by atoms with Crippen molar-refractivity contribution in [2.45, 2.75) is 97.3 Å². The van der Waals surface area contributed by atoms with Crippen molar-refractivity contribution in [2.24, 2.45) is 5.41 Å². The fourth-order valence-electron chi connectivity index (χ4n) is 3.63. The van der Waals surface area contributed by atoms with Gasteiger partial charge in [-0.15, -0.1) is 0 Å². The van der Waals surface area contributed by atoms with E-state index >= 15 is 0 Å². The Kier molecular flexibility index (Phi) is 9.59. The van der Waals surface area contributed by atoms with Crippen LogP contribution in [0.2, 0.25) is 0 Å². The first-order valence-electron chi connectivity index (χ1n) is 9.04. The molecule has 0 heterocycles. The summed E-state index contributed by atoms with van der Waals surface area (Å²) in [6, 6.07) is 0. The van der Waals surface area contributed by atoms with Crippen LogP contribution in [0.25, 0.3) is 0 Å². The van der Waals surface area contributed by atoms with Gasteiger partial charge in [-0.25, -0.2) is 0 Å². The predicted molar refractivity (Wildman–Crippen MR) is 86.7 cm³/mol. The molecule has 1 nitrogen and oxygen atoms in total. The third-order valence-electron chi connectivity index (χ3n) is 4.90. The van der Waals surface area contributed by atoms with E-state index in [4.69, 9.17) is 0 Å². The van der Waals surface area contributed by atoms with Gasteiger partial charge in [-0.3, -0.25) is 0 Å². The molecule has 114 valence electrons. The van der Waals surface area contributed by atoms with E-state index in [0.29, 0.717) is 5.41 Å².